The molecule has 1 fully saturated rings. The Morgan fingerprint density at radius 3 is 2.39 bits per heavy atom. The predicted molar refractivity (Wildman–Crippen MR) is 98.1 cm³/mol. The van der Waals surface area contributed by atoms with Crippen molar-refractivity contribution in [2.45, 2.75) is 6.54 Å². The van der Waals surface area contributed by atoms with E-state index in [-0.39, 0.29) is 5.75 Å². The van der Waals surface area contributed by atoms with Gasteiger partial charge in [-0.1, -0.05) is 54.2 Å². The molecule has 0 unspecified atom stereocenters. The number of nitrogens with zero attached hydrogens (tertiary/aromatic N) is 2. The molecule has 1 saturated heterocycles. The normalized spacial score (nSPS) is 15.6. The number of phenols is 1. The van der Waals surface area contributed by atoms with Crippen molar-refractivity contribution in [2.24, 2.45) is 0 Å². The number of benzene rings is 2. The van der Waals surface area contributed by atoms with Gasteiger partial charge in [-0.05, 0) is 23.8 Å². The van der Waals surface area contributed by atoms with Crippen LogP contribution >= 0.6 is 23.8 Å². The fourth-order valence-corrected chi connectivity index (χ4v) is 3.26. The van der Waals surface area contributed by atoms with E-state index in [2.05, 4.69) is 34.1 Å². The van der Waals surface area contributed by atoms with Crippen molar-refractivity contribution in [3.05, 3.63) is 64.7 Å². The van der Waals surface area contributed by atoms with Gasteiger partial charge in [-0.2, -0.15) is 0 Å². The first-order valence-electron chi connectivity index (χ1n) is 7.67. The zero-order valence-electron chi connectivity index (χ0n) is 12.8. The molecule has 0 radical (unpaired) electrons. The minimum Gasteiger partial charge on any atom is -0.506 e. The number of rotatable bonds is 3. The molecule has 1 aliphatic rings. The lowest BCUT2D eigenvalue weighted by Gasteiger charge is -2.36. The molecular weight excluding hydrogens is 328 g/mol. The van der Waals surface area contributed by atoms with Gasteiger partial charge < -0.3 is 10.0 Å². The SMILES string of the molecule is Oc1ccc(C(=S)N2CCN(Cc3ccccc3)CC2)cc1Cl. The topological polar surface area (TPSA) is 26.7 Å². The quantitative estimate of drug-likeness (QED) is 0.860. The van der Waals surface area contributed by atoms with Crippen LogP contribution in [0, 0.1) is 0 Å². The number of aromatic hydroxyl groups is 1. The van der Waals surface area contributed by atoms with Crippen molar-refractivity contribution in [1.29, 1.82) is 0 Å². The van der Waals surface area contributed by atoms with E-state index in [0.717, 1.165) is 43.3 Å². The summed E-state index contributed by atoms with van der Waals surface area (Å²) in [5.41, 5.74) is 2.23. The molecule has 2 aromatic carbocycles. The molecule has 1 N–H and O–H groups in total. The van der Waals surface area contributed by atoms with Crippen LogP contribution in [0.3, 0.4) is 0 Å². The van der Waals surface area contributed by atoms with Crippen LogP contribution in [0.2, 0.25) is 5.02 Å². The molecule has 2 aromatic rings. The first kappa shape index (κ1) is 16.2. The fraction of sp³-hybridized carbons (Fsp3) is 0.278. The summed E-state index contributed by atoms with van der Waals surface area (Å²) in [6.45, 7) is 4.77. The number of hydrogen-bond acceptors (Lipinski definition) is 3. The van der Waals surface area contributed by atoms with Crippen LogP contribution in [0.25, 0.3) is 0 Å². The van der Waals surface area contributed by atoms with E-state index >= 15 is 0 Å². The molecule has 120 valence electrons. The summed E-state index contributed by atoms with van der Waals surface area (Å²) in [5, 5.41) is 9.86. The molecule has 0 atom stereocenters. The van der Waals surface area contributed by atoms with Gasteiger partial charge in [-0.15, -0.1) is 0 Å². The van der Waals surface area contributed by atoms with Gasteiger partial charge >= 0.3 is 0 Å². The summed E-state index contributed by atoms with van der Waals surface area (Å²) in [5.74, 6) is 0.0888. The summed E-state index contributed by atoms with van der Waals surface area (Å²) in [7, 11) is 0. The Morgan fingerprint density at radius 1 is 1.04 bits per heavy atom. The molecule has 0 aliphatic carbocycles. The highest BCUT2D eigenvalue weighted by atomic mass is 35.5. The minimum absolute atomic E-state index is 0.0888. The third-order valence-corrected chi connectivity index (χ3v) is 4.90. The van der Waals surface area contributed by atoms with Gasteiger partial charge in [-0.25, -0.2) is 0 Å². The smallest absolute Gasteiger partial charge is 0.134 e. The zero-order valence-corrected chi connectivity index (χ0v) is 14.4. The van der Waals surface area contributed by atoms with Crippen LogP contribution in [0.4, 0.5) is 0 Å². The number of thiocarbonyl (C=S) groups is 1. The summed E-state index contributed by atoms with van der Waals surface area (Å²) in [4.78, 5) is 5.45. The van der Waals surface area contributed by atoms with Crippen LogP contribution in [0.15, 0.2) is 48.5 Å². The van der Waals surface area contributed by atoms with E-state index in [9.17, 15) is 5.11 Å². The van der Waals surface area contributed by atoms with Crippen LogP contribution in [-0.2, 0) is 6.54 Å². The Morgan fingerprint density at radius 2 is 1.74 bits per heavy atom. The lowest BCUT2D eigenvalue weighted by atomic mass is 10.1. The molecule has 0 spiro atoms. The Balaban J connectivity index is 1.58. The largest absolute Gasteiger partial charge is 0.506 e. The molecule has 1 aliphatic heterocycles. The number of phenolic OH excluding ortho intramolecular Hbond substituents is 1. The molecule has 0 saturated carbocycles. The Labute approximate surface area is 147 Å². The third kappa shape index (κ3) is 4.02. The minimum atomic E-state index is 0.0888. The number of piperazine rings is 1. The van der Waals surface area contributed by atoms with Crippen LogP contribution in [-0.4, -0.2) is 46.1 Å². The summed E-state index contributed by atoms with van der Waals surface area (Å²) in [6.07, 6.45) is 0. The van der Waals surface area contributed by atoms with Gasteiger partial charge in [0.1, 0.15) is 10.7 Å². The van der Waals surface area contributed by atoms with Crippen molar-refractivity contribution >= 4 is 28.8 Å². The molecule has 3 rings (SSSR count). The molecule has 1 heterocycles. The second-order valence-electron chi connectivity index (χ2n) is 5.72. The van der Waals surface area contributed by atoms with Gasteiger partial charge in [0.15, 0.2) is 0 Å². The van der Waals surface area contributed by atoms with Crippen molar-refractivity contribution in [2.75, 3.05) is 26.2 Å². The van der Waals surface area contributed by atoms with Crippen molar-refractivity contribution < 1.29 is 5.11 Å². The first-order chi connectivity index (χ1) is 11.1. The van der Waals surface area contributed by atoms with E-state index in [1.807, 2.05) is 12.1 Å². The summed E-state index contributed by atoms with van der Waals surface area (Å²) in [6, 6.07) is 15.7. The van der Waals surface area contributed by atoms with Crippen molar-refractivity contribution in [3.63, 3.8) is 0 Å². The first-order valence-corrected chi connectivity index (χ1v) is 8.46. The third-order valence-electron chi connectivity index (χ3n) is 4.10. The maximum absolute atomic E-state index is 9.52. The second-order valence-corrected chi connectivity index (χ2v) is 6.51. The van der Waals surface area contributed by atoms with Gasteiger partial charge in [0.05, 0.1) is 5.02 Å². The molecular formula is C18H19ClN2OS. The average Bonchev–Trinajstić information content (AvgIpc) is 2.58. The van der Waals surface area contributed by atoms with E-state index in [4.69, 9.17) is 23.8 Å². The number of hydrogen-bond donors (Lipinski definition) is 1. The molecule has 5 heteroatoms. The highest BCUT2D eigenvalue weighted by Gasteiger charge is 2.20. The number of halogens is 1. The maximum Gasteiger partial charge on any atom is 0.134 e. The van der Waals surface area contributed by atoms with Crippen LogP contribution in [0.1, 0.15) is 11.1 Å². The molecule has 0 bridgehead atoms. The fourth-order valence-electron chi connectivity index (χ4n) is 2.77. The highest BCUT2D eigenvalue weighted by molar-refractivity contribution is 7.80. The van der Waals surface area contributed by atoms with E-state index in [1.54, 1.807) is 12.1 Å². The van der Waals surface area contributed by atoms with Gasteiger partial charge in [0.25, 0.3) is 0 Å². The lowest BCUT2D eigenvalue weighted by Crippen LogP contribution is -2.48. The zero-order chi connectivity index (χ0) is 16.2. The van der Waals surface area contributed by atoms with Crippen molar-refractivity contribution in [3.8, 4) is 5.75 Å². The summed E-state index contributed by atoms with van der Waals surface area (Å²) < 4.78 is 0. The lowest BCUT2D eigenvalue weighted by molar-refractivity contribution is 0.177. The highest BCUT2D eigenvalue weighted by Crippen LogP contribution is 2.25. The monoisotopic (exact) mass is 346 g/mol. The Hall–Kier alpha value is -1.62. The average molecular weight is 347 g/mol. The molecule has 23 heavy (non-hydrogen) atoms. The van der Waals surface area contributed by atoms with E-state index in [1.165, 1.54) is 5.56 Å². The molecule has 0 aromatic heterocycles. The van der Waals surface area contributed by atoms with Gasteiger partial charge in [0.2, 0.25) is 0 Å². The molecule has 3 nitrogen and oxygen atoms in total. The molecule has 0 amide bonds. The summed E-state index contributed by atoms with van der Waals surface area (Å²) >= 11 is 11.6. The Kier molecular flexibility index (Phi) is 5.16. The predicted octanol–water partition coefficient (Wildman–Crippen LogP) is 3.54. The maximum atomic E-state index is 9.52. The van der Waals surface area contributed by atoms with E-state index < -0.39 is 0 Å². The second kappa shape index (κ2) is 7.30. The Bertz CT molecular complexity index is 685. The van der Waals surface area contributed by atoms with Crippen molar-refractivity contribution in [1.82, 2.24) is 9.80 Å². The van der Waals surface area contributed by atoms with E-state index in [0.29, 0.717) is 5.02 Å². The van der Waals surface area contributed by atoms with Crippen LogP contribution < -0.4 is 0 Å². The van der Waals surface area contributed by atoms with Gasteiger partial charge in [-0.3, -0.25) is 4.90 Å². The standard InChI is InChI=1S/C18H19ClN2OS/c19-16-12-15(6-7-17(16)22)18(23)21-10-8-20(9-11-21)13-14-4-2-1-3-5-14/h1-7,12,22H,8-11,13H2. The van der Waals surface area contributed by atoms with Crippen LogP contribution in [0.5, 0.6) is 5.75 Å². The van der Waals surface area contributed by atoms with Gasteiger partial charge in [0, 0.05) is 38.3 Å².